The molecular formula is C22H25N3O2. The minimum absolute atomic E-state index is 0.0122. The Labute approximate surface area is 159 Å². The molecule has 1 aliphatic rings. The van der Waals surface area contributed by atoms with Gasteiger partial charge in [-0.25, -0.2) is 0 Å². The molecule has 0 spiro atoms. The molecular weight excluding hydrogens is 338 g/mol. The summed E-state index contributed by atoms with van der Waals surface area (Å²) >= 11 is 0. The zero-order valence-electron chi connectivity index (χ0n) is 15.6. The van der Waals surface area contributed by atoms with E-state index < -0.39 is 0 Å². The highest BCUT2D eigenvalue weighted by Gasteiger charge is 2.35. The molecule has 0 radical (unpaired) electrons. The van der Waals surface area contributed by atoms with Crippen molar-refractivity contribution >= 4 is 0 Å². The molecule has 2 aromatic carbocycles. The van der Waals surface area contributed by atoms with Gasteiger partial charge in [0.15, 0.2) is 0 Å². The predicted octanol–water partition coefficient (Wildman–Crippen LogP) is 3.79. The molecule has 1 aromatic heterocycles. The summed E-state index contributed by atoms with van der Waals surface area (Å²) < 4.78 is 5.57. The highest BCUT2D eigenvalue weighted by Crippen LogP contribution is 2.32. The zero-order chi connectivity index (χ0) is 18.6. The second-order valence-electron chi connectivity index (χ2n) is 7.32. The first kappa shape index (κ1) is 17.9. The number of hydrogen-bond donors (Lipinski definition) is 1. The molecule has 4 rings (SSSR count). The van der Waals surface area contributed by atoms with Gasteiger partial charge in [0.25, 0.3) is 0 Å². The number of nitrogens with zero attached hydrogens (tertiary/aromatic N) is 3. The minimum atomic E-state index is -0.346. The molecule has 3 aromatic rings. The number of β-amino-alcohol motifs (C(OH)–C–C–N with tert-alkyl or cyclic N) is 1. The Bertz CT molecular complexity index is 878. The molecule has 1 fully saturated rings. The van der Waals surface area contributed by atoms with Crippen LogP contribution in [0.1, 0.15) is 35.9 Å². The summed E-state index contributed by atoms with van der Waals surface area (Å²) in [6.45, 7) is 3.60. The highest BCUT2D eigenvalue weighted by molar-refractivity contribution is 5.55. The van der Waals surface area contributed by atoms with Gasteiger partial charge < -0.3 is 9.63 Å². The fraction of sp³-hybridized carbons (Fsp3) is 0.364. The number of aliphatic hydroxyl groups excluding tert-OH is 1. The standard InChI is InChI=1S/C22H25N3O2/c1-16-7-5-11-18(13-16)21-23-22(27-24-21)20-14-19(26)15-25(20)12-6-10-17-8-3-2-4-9-17/h2-5,7-9,11,13,19-20,26H,6,10,12,14-15H2,1H3/t19-,20+/m1/s1. The second kappa shape index (κ2) is 8.03. The lowest BCUT2D eigenvalue weighted by molar-refractivity contribution is 0.172. The molecule has 0 bridgehead atoms. The van der Waals surface area contributed by atoms with Crippen LogP contribution in [0.5, 0.6) is 0 Å². The van der Waals surface area contributed by atoms with Crippen LogP contribution in [0, 0.1) is 6.92 Å². The van der Waals surface area contributed by atoms with Crippen molar-refractivity contribution < 1.29 is 9.63 Å². The molecule has 1 aliphatic heterocycles. The van der Waals surface area contributed by atoms with E-state index in [4.69, 9.17) is 4.52 Å². The number of aromatic nitrogens is 2. The van der Waals surface area contributed by atoms with Gasteiger partial charge in [0.05, 0.1) is 12.1 Å². The number of aryl methyl sites for hydroxylation is 2. The van der Waals surface area contributed by atoms with Gasteiger partial charge in [-0.15, -0.1) is 0 Å². The van der Waals surface area contributed by atoms with Gasteiger partial charge >= 0.3 is 0 Å². The van der Waals surface area contributed by atoms with Crippen LogP contribution in [-0.2, 0) is 6.42 Å². The lowest BCUT2D eigenvalue weighted by Crippen LogP contribution is -2.26. The van der Waals surface area contributed by atoms with E-state index >= 15 is 0 Å². The van der Waals surface area contributed by atoms with Crippen LogP contribution in [0.15, 0.2) is 59.1 Å². The topological polar surface area (TPSA) is 62.4 Å². The quantitative estimate of drug-likeness (QED) is 0.722. The fourth-order valence-corrected chi connectivity index (χ4v) is 3.79. The molecule has 0 unspecified atom stereocenters. The summed E-state index contributed by atoms with van der Waals surface area (Å²) in [6, 6.07) is 18.6. The van der Waals surface area contributed by atoms with Crippen LogP contribution in [0.4, 0.5) is 0 Å². The SMILES string of the molecule is Cc1cccc(-c2noc([C@@H]3C[C@@H](O)CN3CCCc3ccccc3)n2)c1. The van der Waals surface area contributed by atoms with E-state index in [9.17, 15) is 5.11 Å². The summed E-state index contributed by atoms with van der Waals surface area (Å²) in [5, 5.41) is 14.3. The van der Waals surface area contributed by atoms with Crippen molar-refractivity contribution in [3.8, 4) is 11.4 Å². The summed E-state index contributed by atoms with van der Waals surface area (Å²) in [7, 11) is 0. The molecule has 1 saturated heterocycles. The highest BCUT2D eigenvalue weighted by atomic mass is 16.5. The van der Waals surface area contributed by atoms with Gasteiger partial charge in [-0.05, 0) is 44.4 Å². The van der Waals surface area contributed by atoms with Gasteiger partial charge in [0.2, 0.25) is 11.7 Å². The third-order valence-electron chi connectivity index (χ3n) is 5.14. The Balaban J connectivity index is 1.43. The lowest BCUT2D eigenvalue weighted by Gasteiger charge is -2.20. The van der Waals surface area contributed by atoms with Gasteiger partial charge in [-0.3, -0.25) is 4.90 Å². The molecule has 5 nitrogen and oxygen atoms in total. The third-order valence-corrected chi connectivity index (χ3v) is 5.14. The van der Waals surface area contributed by atoms with Gasteiger partial charge in [-0.2, -0.15) is 4.98 Å². The molecule has 27 heavy (non-hydrogen) atoms. The smallest absolute Gasteiger partial charge is 0.244 e. The Kier molecular flexibility index (Phi) is 5.32. The zero-order valence-corrected chi connectivity index (χ0v) is 15.6. The van der Waals surface area contributed by atoms with E-state index in [0.29, 0.717) is 24.7 Å². The second-order valence-corrected chi connectivity index (χ2v) is 7.32. The Morgan fingerprint density at radius 1 is 1.15 bits per heavy atom. The van der Waals surface area contributed by atoms with Crippen LogP contribution in [0.2, 0.25) is 0 Å². The number of hydrogen-bond acceptors (Lipinski definition) is 5. The Morgan fingerprint density at radius 3 is 2.81 bits per heavy atom. The normalized spacial score (nSPS) is 20.2. The average molecular weight is 363 g/mol. The maximum atomic E-state index is 10.2. The largest absolute Gasteiger partial charge is 0.392 e. The monoisotopic (exact) mass is 363 g/mol. The molecule has 140 valence electrons. The molecule has 2 atom stereocenters. The molecule has 0 amide bonds. The van der Waals surface area contributed by atoms with Gasteiger partial charge in [0.1, 0.15) is 0 Å². The molecule has 0 aliphatic carbocycles. The first-order chi connectivity index (χ1) is 13.2. The molecule has 0 saturated carbocycles. The number of rotatable bonds is 6. The summed E-state index contributed by atoms with van der Waals surface area (Å²) in [5.74, 6) is 1.21. The molecule has 5 heteroatoms. The van der Waals surface area contributed by atoms with E-state index in [2.05, 4.69) is 45.4 Å². The van der Waals surface area contributed by atoms with Gasteiger partial charge in [-0.1, -0.05) is 59.3 Å². The van der Waals surface area contributed by atoms with E-state index in [0.717, 1.165) is 30.5 Å². The fourth-order valence-electron chi connectivity index (χ4n) is 3.79. The van der Waals surface area contributed by atoms with Crippen molar-refractivity contribution in [3.05, 3.63) is 71.6 Å². The lowest BCUT2D eigenvalue weighted by atomic mass is 10.1. The Morgan fingerprint density at radius 2 is 2.00 bits per heavy atom. The van der Waals surface area contributed by atoms with Crippen LogP contribution >= 0.6 is 0 Å². The van der Waals surface area contributed by atoms with Crippen LogP contribution in [0.3, 0.4) is 0 Å². The van der Waals surface area contributed by atoms with Crippen molar-refractivity contribution in [2.24, 2.45) is 0 Å². The van der Waals surface area contributed by atoms with E-state index in [1.54, 1.807) is 0 Å². The third kappa shape index (κ3) is 4.26. The van der Waals surface area contributed by atoms with Crippen molar-refractivity contribution in [3.63, 3.8) is 0 Å². The van der Waals surface area contributed by atoms with E-state index in [1.807, 2.05) is 31.2 Å². The molecule has 1 N–H and O–H groups in total. The first-order valence-corrected chi connectivity index (χ1v) is 9.56. The van der Waals surface area contributed by atoms with Gasteiger partial charge in [0, 0.05) is 12.1 Å². The van der Waals surface area contributed by atoms with Crippen molar-refractivity contribution in [1.29, 1.82) is 0 Å². The number of benzene rings is 2. The van der Waals surface area contributed by atoms with Crippen molar-refractivity contribution in [1.82, 2.24) is 15.0 Å². The van der Waals surface area contributed by atoms with Crippen molar-refractivity contribution in [2.75, 3.05) is 13.1 Å². The maximum Gasteiger partial charge on any atom is 0.244 e. The summed E-state index contributed by atoms with van der Waals surface area (Å²) in [6.07, 6.45) is 2.35. The summed E-state index contributed by atoms with van der Waals surface area (Å²) in [4.78, 5) is 6.89. The number of aliphatic hydroxyl groups is 1. The summed E-state index contributed by atoms with van der Waals surface area (Å²) in [5.41, 5.74) is 3.46. The maximum absolute atomic E-state index is 10.2. The number of likely N-dealkylation sites (tertiary alicyclic amines) is 1. The van der Waals surface area contributed by atoms with Crippen LogP contribution in [0.25, 0.3) is 11.4 Å². The Hall–Kier alpha value is -2.50. The first-order valence-electron chi connectivity index (χ1n) is 9.56. The van der Waals surface area contributed by atoms with Crippen molar-refractivity contribution in [2.45, 2.75) is 38.3 Å². The molecule has 2 heterocycles. The van der Waals surface area contributed by atoms with Crippen LogP contribution < -0.4 is 0 Å². The predicted molar refractivity (Wildman–Crippen MR) is 104 cm³/mol. The van der Waals surface area contributed by atoms with Crippen LogP contribution in [-0.4, -0.2) is 39.3 Å². The average Bonchev–Trinajstić information content (AvgIpc) is 3.29. The van der Waals surface area contributed by atoms with E-state index in [-0.39, 0.29) is 12.1 Å². The minimum Gasteiger partial charge on any atom is -0.392 e. The van der Waals surface area contributed by atoms with E-state index in [1.165, 1.54) is 5.56 Å².